The molecule has 2 heterocycles. The summed E-state index contributed by atoms with van der Waals surface area (Å²) in [7, 11) is 0. The SMILES string of the molecule is CC1CCCN(C(=O)CSC2CCNCC2)C1C(=O)O. The van der Waals surface area contributed by atoms with E-state index in [0.717, 1.165) is 38.8 Å². The Morgan fingerprint density at radius 1 is 1.30 bits per heavy atom. The summed E-state index contributed by atoms with van der Waals surface area (Å²) in [5, 5.41) is 13.2. The number of carboxylic acids is 1. The predicted octanol–water partition coefficient (Wildman–Crippen LogP) is 1.18. The summed E-state index contributed by atoms with van der Waals surface area (Å²) < 4.78 is 0. The molecular weight excluding hydrogens is 276 g/mol. The average Bonchev–Trinajstić information content (AvgIpc) is 2.45. The topological polar surface area (TPSA) is 69.6 Å². The Bertz CT molecular complexity index is 358. The van der Waals surface area contributed by atoms with Gasteiger partial charge in [-0.05, 0) is 44.7 Å². The summed E-state index contributed by atoms with van der Waals surface area (Å²) in [6.45, 7) is 4.56. The Morgan fingerprint density at radius 2 is 2.00 bits per heavy atom. The van der Waals surface area contributed by atoms with E-state index in [1.54, 1.807) is 16.7 Å². The lowest BCUT2D eigenvalue weighted by Gasteiger charge is -2.37. The van der Waals surface area contributed by atoms with E-state index in [1.807, 2.05) is 6.92 Å². The lowest BCUT2D eigenvalue weighted by atomic mass is 9.91. The van der Waals surface area contributed by atoms with Gasteiger partial charge >= 0.3 is 5.97 Å². The summed E-state index contributed by atoms with van der Waals surface area (Å²) in [5.41, 5.74) is 0. The van der Waals surface area contributed by atoms with Crippen molar-refractivity contribution < 1.29 is 14.7 Å². The van der Waals surface area contributed by atoms with Gasteiger partial charge < -0.3 is 15.3 Å². The van der Waals surface area contributed by atoms with Crippen molar-refractivity contribution >= 4 is 23.6 Å². The molecule has 0 spiro atoms. The van der Waals surface area contributed by atoms with Gasteiger partial charge in [0.15, 0.2) is 0 Å². The first-order chi connectivity index (χ1) is 9.59. The standard InChI is InChI=1S/C14H24N2O3S/c1-10-3-2-8-16(13(10)14(18)19)12(17)9-20-11-4-6-15-7-5-11/h10-11,13,15H,2-9H2,1H3,(H,18,19). The number of rotatable bonds is 4. The van der Waals surface area contributed by atoms with Crippen LogP contribution in [0.15, 0.2) is 0 Å². The predicted molar refractivity (Wildman–Crippen MR) is 79.9 cm³/mol. The Morgan fingerprint density at radius 3 is 2.65 bits per heavy atom. The summed E-state index contributed by atoms with van der Waals surface area (Å²) in [5.74, 6) is -0.403. The van der Waals surface area contributed by atoms with Crippen LogP contribution in [0.25, 0.3) is 0 Å². The molecule has 5 nitrogen and oxygen atoms in total. The van der Waals surface area contributed by atoms with Gasteiger partial charge in [-0.25, -0.2) is 4.79 Å². The molecule has 2 unspecified atom stereocenters. The van der Waals surface area contributed by atoms with Gasteiger partial charge in [0.2, 0.25) is 5.91 Å². The number of nitrogens with zero attached hydrogens (tertiary/aromatic N) is 1. The summed E-state index contributed by atoms with van der Waals surface area (Å²) in [4.78, 5) is 25.3. The van der Waals surface area contributed by atoms with E-state index < -0.39 is 12.0 Å². The van der Waals surface area contributed by atoms with Crippen LogP contribution in [0.1, 0.15) is 32.6 Å². The second-order valence-corrected chi connectivity index (χ2v) is 7.04. The number of thioether (sulfide) groups is 1. The number of hydrogen-bond acceptors (Lipinski definition) is 4. The molecule has 0 bridgehead atoms. The highest BCUT2D eigenvalue weighted by molar-refractivity contribution is 8.00. The fraction of sp³-hybridized carbons (Fsp3) is 0.857. The molecule has 0 aliphatic carbocycles. The second-order valence-electron chi connectivity index (χ2n) is 5.75. The molecule has 0 radical (unpaired) electrons. The highest BCUT2D eigenvalue weighted by Gasteiger charge is 2.36. The summed E-state index contributed by atoms with van der Waals surface area (Å²) in [6.07, 6.45) is 3.99. The van der Waals surface area contributed by atoms with Crippen molar-refractivity contribution in [2.75, 3.05) is 25.4 Å². The Labute approximate surface area is 124 Å². The molecule has 2 fully saturated rings. The molecule has 2 rings (SSSR count). The molecule has 0 aromatic carbocycles. The maximum absolute atomic E-state index is 12.3. The molecule has 114 valence electrons. The minimum Gasteiger partial charge on any atom is -0.480 e. The summed E-state index contributed by atoms with van der Waals surface area (Å²) in [6, 6.07) is -0.634. The van der Waals surface area contributed by atoms with Crippen LogP contribution >= 0.6 is 11.8 Å². The molecule has 20 heavy (non-hydrogen) atoms. The minimum atomic E-state index is -0.864. The molecule has 2 saturated heterocycles. The number of carbonyl (C=O) groups is 2. The number of hydrogen-bond donors (Lipinski definition) is 2. The van der Waals surface area contributed by atoms with Gasteiger partial charge in [-0.3, -0.25) is 4.79 Å². The molecule has 1 amide bonds. The average molecular weight is 300 g/mol. The quantitative estimate of drug-likeness (QED) is 0.816. The molecule has 0 aromatic heterocycles. The molecule has 6 heteroatoms. The maximum atomic E-state index is 12.3. The van der Waals surface area contributed by atoms with E-state index in [0.29, 0.717) is 17.5 Å². The first kappa shape index (κ1) is 15.6. The van der Waals surface area contributed by atoms with Gasteiger partial charge in [0.05, 0.1) is 5.75 Å². The normalized spacial score (nSPS) is 28.4. The van der Waals surface area contributed by atoms with Gasteiger partial charge in [0, 0.05) is 11.8 Å². The number of carbonyl (C=O) groups excluding carboxylic acids is 1. The molecule has 0 saturated carbocycles. The van der Waals surface area contributed by atoms with Crippen LogP contribution in [0.3, 0.4) is 0 Å². The highest BCUT2D eigenvalue weighted by Crippen LogP contribution is 2.26. The third-order valence-electron chi connectivity index (χ3n) is 4.24. The van der Waals surface area contributed by atoms with E-state index in [4.69, 9.17) is 0 Å². The van der Waals surface area contributed by atoms with E-state index in [9.17, 15) is 14.7 Å². The minimum absolute atomic E-state index is 0.00696. The van der Waals surface area contributed by atoms with Crippen LogP contribution < -0.4 is 5.32 Å². The molecule has 2 N–H and O–H groups in total. The first-order valence-corrected chi connectivity index (χ1v) is 8.49. The molecular formula is C14H24N2O3S. The van der Waals surface area contributed by atoms with Crippen molar-refractivity contribution in [2.24, 2.45) is 5.92 Å². The maximum Gasteiger partial charge on any atom is 0.326 e. The smallest absolute Gasteiger partial charge is 0.326 e. The zero-order valence-corrected chi connectivity index (χ0v) is 12.8. The van der Waals surface area contributed by atoms with Crippen LogP contribution in [0.2, 0.25) is 0 Å². The number of nitrogens with one attached hydrogen (secondary N) is 1. The van der Waals surface area contributed by atoms with Gasteiger partial charge in [-0.2, -0.15) is 0 Å². The molecule has 0 aromatic rings. The van der Waals surface area contributed by atoms with Crippen LogP contribution in [0, 0.1) is 5.92 Å². The first-order valence-electron chi connectivity index (χ1n) is 7.44. The Balaban J connectivity index is 1.87. The second kappa shape index (κ2) is 7.31. The van der Waals surface area contributed by atoms with Gasteiger partial charge in [0.1, 0.15) is 6.04 Å². The Hall–Kier alpha value is -0.750. The third kappa shape index (κ3) is 3.88. The van der Waals surface area contributed by atoms with E-state index in [1.165, 1.54) is 0 Å². The van der Waals surface area contributed by atoms with Gasteiger partial charge in [-0.1, -0.05) is 6.92 Å². The monoisotopic (exact) mass is 300 g/mol. The molecule has 2 aliphatic rings. The van der Waals surface area contributed by atoms with E-state index in [-0.39, 0.29) is 11.8 Å². The van der Waals surface area contributed by atoms with Crippen molar-refractivity contribution in [1.29, 1.82) is 0 Å². The van der Waals surface area contributed by atoms with Crippen LogP contribution in [0.5, 0.6) is 0 Å². The van der Waals surface area contributed by atoms with Crippen LogP contribution in [-0.2, 0) is 9.59 Å². The van der Waals surface area contributed by atoms with Crippen molar-refractivity contribution in [3.8, 4) is 0 Å². The summed E-state index contributed by atoms with van der Waals surface area (Å²) >= 11 is 1.69. The Kier molecular flexibility index (Phi) is 5.72. The lowest BCUT2D eigenvalue weighted by Crippen LogP contribution is -2.52. The van der Waals surface area contributed by atoms with E-state index in [2.05, 4.69) is 5.32 Å². The number of aliphatic carboxylic acids is 1. The largest absolute Gasteiger partial charge is 0.480 e. The van der Waals surface area contributed by atoms with Crippen molar-refractivity contribution in [1.82, 2.24) is 10.2 Å². The van der Waals surface area contributed by atoms with Crippen molar-refractivity contribution in [3.63, 3.8) is 0 Å². The number of likely N-dealkylation sites (tertiary alicyclic amines) is 1. The van der Waals surface area contributed by atoms with Gasteiger partial charge in [-0.15, -0.1) is 11.8 Å². The van der Waals surface area contributed by atoms with E-state index >= 15 is 0 Å². The van der Waals surface area contributed by atoms with Crippen molar-refractivity contribution in [2.45, 2.75) is 43.9 Å². The van der Waals surface area contributed by atoms with Crippen LogP contribution in [0.4, 0.5) is 0 Å². The van der Waals surface area contributed by atoms with Gasteiger partial charge in [0.25, 0.3) is 0 Å². The van der Waals surface area contributed by atoms with Crippen molar-refractivity contribution in [3.05, 3.63) is 0 Å². The zero-order chi connectivity index (χ0) is 14.5. The molecule has 2 atom stereocenters. The molecule has 2 aliphatic heterocycles. The lowest BCUT2D eigenvalue weighted by molar-refractivity contribution is -0.153. The number of carboxylic acid groups (broad SMARTS) is 1. The fourth-order valence-electron chi connectivity index (χ4n) is 3.08. The number of piperidine rings is 2. The van der Waals surface area contributed by atoms with Crippen LogP contribution in [-0.4, -0.2) is 58.6 Å². The highest BCUT2D eigenvalue weighted by atomic mass is 32.2. The zero-order valence-electron chi connectivity index (χ0n) is 12.0. The third-order valence-corrected chi connectivity index (χ3v) is 5.59. The fourth-order valence-corrected chi connectivity index (χ4v) is 4.19. The number of amides is 1.